The normalized spacial score (nSPS) is 14.6. The number of nitrogens with two attached hydrogens (primary N) is 1. The zero-order chi connectivity index (χ0) is 14.7. The zero-order valence-corrected chi connectivity index (χ0v) is 12.1. The summed E-state index contributed by atoms with van der Waals surface area (Å²) in [7, 11) is 0. The van der Waals surface area contributed by atoms with E-state index >= 15 is 0 Å². The molecule has 1 aliphatic rings. The highest BCUT2D eigenvalue weighted by atomic mass is 14.9. The SMILES string of the molecule is N#Cc1c(N)nc2c(c1-c1ccccc1)CCCCCC2. The molecule has 0 fully saturated rings. The summed E-state index contributed by atoms with van der Waals surface area (Å²) in [4.78, 5) is 4.53. The largest absolute Gasteiger partial charge is 0.383 e. The standard InChI is InChI=1S/C18H19N3/c19-12-15-17(13-8-4-3-5-9-13)14-10-6-1-2-7-11-16(14)21-18(15)20/h3-5,8-9H,1-2,6-7,10-11H2,(H2,20,21). The Kier molecular flexibility index (Phi) is 3.87. The molecule has 2 aromatic rings. The van der Waals surface area contributed by atoms with Gasteiger partial charge >= 0.3 is 0 Å². The van der Waals surface area contributed by atoms with Crippen molar-refractivity contribution < 1.29 is 0 Å². The van der Waals surface area contributed by atoms with Crippen molar-refractivity contribution in [3.63, 3.8) is 0 Å². The first-order valence-corrected chi connectivity index (χ1v) is 7.58. The second kappa shape index (κ2) is 5.97. The first-order valence-electron chi connectivity index (χ1n) is 7.58. The lowest BCUT2D eigenvalue weighted by Gasteiger charge is -2.19. The second-order valence-corrected chi connectivity index (χ2v) is 5.56. The predicted octanol–water partition coefficient (Wildman–Crippen LogP) is 3.86. The van der Waals surface area contributed by atoms with Gasteiger partial charge in [0.1, 0.15) is 17.5 Å². The molecule has 0 atom stereocenters. The van der Waals surface area contributed by atoms with Crippen molar-refractivity contribution in [1.29, 1.82) is 5.26 Å². The number of hydrogen-bond acceptors (Lipinski definition) is 3. The topological polar surface area (TPSA) is 62.7 Å². The van der Waals surface area contributed by atoms with E-state index in [1.165, 1.54) is 18.4 Å². The van der Waals surface area contributed by atoms with E-state index in [-0.39, 0.29) is 0 Å². The highest BCUT2D eigenvalue weighted by Gasteiger charge is 2.20. The van der Waals surface area contributed by atoms with Gasteiger partial charge < -0.3 is 5.73 Å². The van der Waals surface area contributed by atoms with Crippen molar-refractivity contribution in [3.8, 4) is 17.2 Å². The highest BCUT2D eigenvalue weighted by molar-refractivity contribution is 5.79. The minimum Gasteiger partial charge on any atom is -0.383 e. The molecular weight excluding hydrogens is 258 g/mol. The third-order valence-electron chi connectivity index (χ3n) is 4.18. The average molecular weight is 277 g/mol. The maximum Gasteiger partial charge on any atom is 0.142 e. The number of pyridine rings is 1. The van der Waals surface area contributed by atoms with Crippen molar-refractivity contribution >= 4 is 5.82 Å². The van der Waals surface area contributed by atoms with Gasteiger partial charge in [0.25, 0.3) is 0 Å². The number of aryl methyl sites for hydroxylation is 1. The molecule has 0 amide bonds. The van der Waals surface area contributed by atoms with Gasteiger partial charge in [-0.1, -0.05) is 43.2 Å². The Morgan fingerprint density at radius 3 is 2.43 bits per heavy atom. The number of anilines is 1. The van der Waals surface area contributed by atoms with Gasteiger partial charge in [-0.05, 0) is 36.8 Å². The number of aromatic nitrogens is 1. The van der Waals surface area contributed by atoms with Crippen molar-refractivity contribution in [2.45, 2.75) is 38.5 Å². The van der Waals surface area contributed by atoms with Crippen LogP contribution < -0.4 is 5.73 Å². The number of fused-ring (bicyclic) bond motifs is 1. The van der Waals surface area contributed by atoms with Gasteiger partial charge in [-0.25, -0.2) is 4.98 Å². The summed E-state index contributed by atoms with van der Waals surface area (Å²) in [6.07, 6.45) is 6.76. The summed E-state index contributed by atoms with van der Waals surface area (Å²) in [6.45, 7) is 0. The molecule has 0 saturated heterocycles. The predicted molar refractivity (Wildman–Crippen MR) is 84.7 cm³/mol. The van der Waals surface area contributed by atoms with E-state index in [0.717, 1.165) is 42.5 Å². The van der Waals surface area contributed by atoms with Crippen molar-refractivity contribution in [2.75, 3.05) is 5.73 Å². The van der Waals surface area contributed by atoms with Crippen molar-refractivity contribution in [3.05, 3.63) is 47.2 Å². The molecule has 1 aromatic carbocycles. The number of nitrogens with zero attached hydrogens (tertiary/aromatic N) is 2. The van der Waals surface area contributed by atoms with Crippen LogP contribution in [0, 0.1) is 11.3 Å². The number of nitrogen functional groups attached to an aromatic ring is 1. The minimum atomic E-state index is 0.371. The lowest BCUT2D eigenvalue weighted by Crippen LogP contribution is -2.10. The van der Waals surface area contributed by atoms with Gasteiger partial charge in [0, 0.05) is 11.3 Å². The molecule has 3 nitrogen and oxygen atoms in total. The first kappa shape index (κ1) is 13.6. The Bertz CT molecular complexity index is 684. The molecule has 0 unspecified atom stereocenters. The van der Waals surface area contributed by atoms with Gasteiger partial charge in [-0.15, -0.1) is 0 Å². The number of hydrogen-bond donors (Lipinski definition) is 1. The van der Waals surface area contributed by atoms with E-state index in [1.807, 2.05) is 18.2 Å². The Balaban J connectivity index is 2.26. The summed E-state index contributed by atoms with van der Waals surface area (Å²) in [5, 5.41) is 9.52. The summed E-state index contributed by atoms with van der Waals surface area (Å²) >= 11 is 0. The van der Waals surface area contributed by atoms with Gasteiger partial charge in [-0.3, -0.25) is 0 Å². The van der Waals surface area contributed by atoms with E-state index in [1.54, 1.807) is 0 Å². The molecular formula is C18H19N3. The summed E-state index contributed by atoms with van der Waals surface area (Å²) < 4.78 is 0. The van der Waals surface area contributed by atoms with Crippen LogP contribution in [-0.4, -0.2) is 4.98 Å². The maximum atomic E-state index is 9.52. The average Bonchev–Trinajstić information content (AvgIpc) is 2.49. The van der Waals surface area contributed by atoms with Crippen LogP contribution in [0.3, 0.4) is 0 Å². The van der Waals surface area contributed by atoms with E-state index < -0.39 is 0 Å². The molecule has 0 saturated carbocycles. The molecule has 0 spiro atoms. The van der Waals surface area contributed by atoms with Crippen molar-refractivity contribution in [1.82, 2.24) is 4.98 Å². The van der Waals surface area contributed by atoms with E-state index in [4.69, 9.17) is 5.73 Å². The summed E-state index contributed by atoms with van der Waals surface area (Å²) in [6, 6.07) is 12.4. The van der Waals surface area contributed by atoms with Crippen LogP contribution in [0.25, 0.3) is 11.1 Å². The van der Waals surface area contributed by atoms with Gasteiger partial charge in [0.2, 0.25) is 0 Å². The highest BCUT2D eigenvalue weighted by Crippen LogP contribution is 2.34. The van der Waals surface area contributed by atoms with Crippen LogP contribution in [0.4, 0.5) is 5.82 Å². The Labute approximate surface area is 125 Å². The Morgan fingerprint density at radius 1 is 1.00 bits per heavy atom. The van der Waals surface area contributed by atoms with Gasteiger partial charge in [0.05, 0.1) is 0 Å². The van der Waals surface area contributed by atoms with Crippen LogP contribution in [-0.2, 0) is 12.8 Å². The second-order valence-electron chi connectivity index (χ2n) is 5.56. The van der Waals surface area contributed by atoms with Crippen LogP contribution in [0.5, 0.6) is 0 Å². The molecule has 21 heavy (non-hydrogen) atoms. The third kappa shape index (κ3) is 2.62. The van der Waals surface area contributed by atoms with Crippen LogP contribution in [0.1, 0.15) is 42.5 Å². The lowest BCUT2D eigenvalue weighted by atomic mass is 9.88. The number of nitriles is 1. The van der Waals surface area contributed by atoms with Crippen LogP contribution in [0.2, 0.25) is 0 Å². The Hall–Kier alpha value is -2.34. The van der Waals surface area contributed by atoms with Gasteiger partial charge in [-0.2, -0.15) is 5.26 Å². The van der Waals surface area contributed by atoms with E-state index in [0.29, 0.717) is 11.4 Å². The third-order valence-corrected chi connectivity index (χ3v) is 4.18. The molecule has 0 aliphatic heterocycles. The Morgan fingerprint density at radius 2 is 1.71 bits per heavy atom. The van der Waals surface area contributed by atoms with E-state index in [2.05, 4.69) is 23.2 Å². The number of rotatable bonds is 1. The molecule has 1 aliphatic carbocycles. The molecule has 3 heteroatoms. The smallest absolute Gasteiger partial charge is 0.142 e. The maximum absolute atomic E-state index is 9.52. The minimum absolute atomic E-state index is 0.371. The monoisotopic (exact) mass is 277 g/mol. The fraction of sp³-hybridized carbons (Fsp3) is 0.333. The molecule has 0 radical (unpaired) electrons. The fourth-order valence-electron chi connectivity index (χ4n) is 3.15. The summed E-state index contributed by atoms with van der Waals surface area (Å²) in [5.74, 6) is 0.371. The first-order chi connectivity index (χ1) is 10.3. The van der Waals surface area contributed by atoms with Crippen LogP contribution in [0.15, 0.2) is 30.3 Å². The quantitative estimate of drug-likeness (QED) is 0.860. The molecule has 1 aromatic heterocycles. The van der Waals surface area contributed by atoms with Crippen molar-refractivity contribution in [2.24, 2.45) is 0 Å². The molecule has 3 rings (SSSR count). The van der Waals surface area contributed by atoms with Crippen LogP contribution >= 0.6 is 0 Å². The van der Waals surface area contributed by atoms with E-state index in [9.17, 15) is 5.26 Å². The molecule has 106 valence electrons. The number of benzene rings is 1. The summed E-state index contributed by atoms with van der Waals surface area (Å²) in [5.41, 5.74) is 11.0. The fourth-order valence-corrected chi connectivity index (χ4v) is 3.15. The molecule has 2 N–H and O–H groups in total. The lowest BCUT2D eigenvalue weighted by molar-refractivity contribution is 0.610. The van der Waals surface area contributed by atoms with Gasteiger partial charge in [0.15, 0.2) is 0 Å². The molecule has 1 heterocycles. The molecule has 0 bridgehead atoms. The zero-order valence-electron chi connectivity index (χ0n) is 12.1.